The molecule has 0 saturated carbocycles. The van der Waals surface area contributed by atoms with Crippen molar-refractivity contribution in [1.29, 1.82) is 0 Å². The average molecular weight is 349 g/mol. The van der Waals surface area contributed by atoms with Crippen LogP contribution in [0.5, 0.6) is 0 Å². The normalized spacial score (nSPS) is 12.2. The molecule has 4 heteroatoms. The van der Waals surface area contributed by atoms with E-state index < -0.39 is 0 Å². The van der Waals surface area contributed by atoms with Crippen molar-refractivity contribution in [2.75, 3.05) is 0 Å². The highest BCUT2D eigenvalue weighted by Gasteiger charge is 2.12. The Morgan fingerprint density at radius 3 is 2.82 bits per heavy atom. The summed E-state index contributed by atoms with van der Waals surface area (Å²) in [6, 6.07) is 4.36. The Morgan fingerprint density at radius 2 is 2.24 bits per heavy atom. The zero-order valence-corrected chi connectivity index (χ0v) is 12.3. The maximum atomic E-state index is 12.9. The Hall–Kier alpha value is -0.650. The molecule has 1 N–H and O–H groups in total. The van der Waals surface area contributed by atoms with Crippen molar-refractivity contribution in [1.82, 2.24) is 5.32 Å². The number of amides is 1. The van der Waals surface area contributed by atoms with Gasteiger partial charge in [-0.25, -0.2) is 4.39 Å². The predicted octanol–water partition coefficient (Wildman–Crippen LogP) is 3.74. The lowest BCUT2D eigenvalue weighted by Gasteiger charge is -2.14. The molecule has 0 radical (unpaired) electrons. The third kappa shape index (κ3) is 4.61. The van der Waals surface area contributed by atoms with E-state index in [1.54, 1.807) is 0 Å². The van der Waals surface area contributed by atoms with Crippen LogP contribution in [0, 0.1) is 9.39 Å². The molecule has 1 rings (SSSR count). The average Bonchev–Trinajstić information content (AvgIpc) is 2.26. The zero-order chi connectivity index (χ0) is 12.8. The highest BCUT2D eigenvalue weighted by atomic mass is 127. The van der Waals surface area contributed by atoms with E-state index in [2.05, 4.69) is 12.2 Å². The minimum absolute atomic E-state index is 0.127. The maximum Gasteiger partial charge on any atom is 0.252 e. The number of rotatable bonds is 5. The molecule has 1 amide bonds. The van der Waals surface area contributed by atoms with Crippen LogP contribution < -0.4 is 5.32 Å². The highest BCUT2D eigenvalue weighted by Crippen LogP contribution is 2.14. The van der Waals surface area contributed by atoms with Crippen LogP contribution >= 0.6 is 22.6 Å². The smallest absolute Gasteiger partial charge is 0.252 e. The third-order valence-electron chi connectivity index (χ3n) is 2.54. The molecule has 1 aromatic rings. The number of nitrogens with one attached hydrogen (secondary N) is 1. The Balaban J connectivity index is 2.63. The lowest BCUT2D eigenvalue weighted by atomic mass is 10.1. The fourth-order valence-corrected chi connectivity index (χ4v) is 2.28. The molecule has 0 aliphatic carbocycles. The summed E-state index contributed by atoms with van der Waals surface area (Å²) in [7, 11) is 0. The summed E-state index contributed by atoms with van der Waals surface area (Å²) in [5.41, 5.74) is 0.537. The lowest BCUT2D eigenvalue weighted by molar-refractivity contribution is 0.0937. The molecule has 0 fully saturated rings. The third-order valence-corrected chi connectivity index (χ3v) is 3.44. The Bertz CT molecular complexity index is 395. The maximum absolute atomic E-state index is 12.9. The molecule has 94 valence electrons. The van der Waals surface area contributed by atoms with E-state index in [9.17, 15) is 9.18 Å². The van der Waals surface area contributed by atoms with Gasteiger partial charge in [-0.15, -0.1) is 0 Å². The molecule has 2 nitrogen and oxygen atoms in total. The van der Waals surface area contributed by atoms with E-state index in [-0.39, 0.29) is 17.8 Å². The quantitative estimate of drug-likeness (QED) is 0.807. The molecule has 0 aliphatic heterocycles. The zero-order valence-electron chi connectivity index (χ0n) is 10.1. The first-order chi connectivity index (χ1) is 8.04. The van der Waals surface area contributed by atoms with E-state index in [0.717, 1.165) is 19.3 Å². The van der Waals surface area contributed by atoms with Gasteiger partial charge in [0.15, 0.2) is 0 Å². The Kier molecular flexibility index (Phi) is 5.88. The fraction of sp³-hybridized carbons (Fsp3) is 0.462. The van der Waals surface area contributed by atoms with Crippen molar-refractivity contribution < 1.29 is 9.18 Å². The fourth-order valence-electron chi connectivity index (χ4n) is 1.56. The number of benzene rings is 1. The first-order valence-electron chi connectivity index (χ1n) is 5.80. The van der Waals surface area contributed by atoms with Gasteiger partial charge in [-0.3, -0.25) is 4.79 Å². The minimum Gasteiger partial charge on any atom is -0.350 e. The molecular formula is C13H17FINO. The molecule has 0 spiro atoms. The highest BCUT2D eigenvalue weighted by molar-refractivity contribution is 14.1. The SMILES string of the molecule is CCCCC(C)NC(=O)c1ccc(F)cc1I. The second-order valence-electron chi connectivity index (χ2n) is 4.14. The molecule has 1 aromatic carbocycles. The van der Waals surface area contributed by atoms with Crippen molar-refractivity contribution in [3.05, 3.63) is 33.1 Å². The number of unbranched alkanes of at least 4 members (excludes halogenated alkanes) is 1. The van der Waals surface area contributed by atoms with E-state index in [1.807, 2.05) is 29.5 Å². The minimum atomic E-state index is -0.315. The number of hydrogen-bond donors (Lipinski definition) is 1. The van der Waals surface area contributed by atoms with E-state index in [1.165, 1.54) is 18.2 Å². The van der Waals surface area contributed by atoms with Gasteiger partial charge in [0.2, 0.25) is 0 Å². The summed E-state index contributed by atoms with van der Waals surface area (Å²) < 4.78 is 13.5. The van der Waals surface area contributed by atoms with Crippen LogP contribution in [-0.4, -0.2) is 11.9 Å². The van der Waals surface area contributed by atoms with Crippen LogP contribution in [0.25, 0.3) is 0 Å². The molecule has 0 heterocycles. The topological polar surface area (TPSA) is 29.1 Å². The van der Waals surface area contributed by atoms with Crippen LogP contribution in [0.1, 0.15) is 43.5 Å². The molecule has 17 heavy (non-hydrogen) atoms. The standard InChI is InChI=1S/C13H17FINO/c1-3-4-5-9(2)16-13(17)11-7-6-10(14)8-12(11)15/h6-9H,3-5H2,1-2H3,(H,16,17). The predicted molar refractivity (Wildman–Crippen MR) is 75.6 cm³/mol. The monoisotopic (exact) mass is 349 g/mol. The summed E-state index contributed by atoms with van der Waals surface area (Å²) in [6.45, 7) is 4.11. The van der Waals surface area contributed by atoms with Gasteiger partial charge in [0.1, 0.15) is 5.82 Å². The van der Waals surface area contributed by atoms with Crippen molar-refractivity contribution in [3.63, 3.8) is 0 Å². The van der Waals surface area contributed by atoms with Crippen molar-refractivity contribution in [3.8, 4) is 0 Å². The van der Waals surface area contributed by atoms with Crippen LogP contribution in [0.2, 0.25) is 0 Å². The number of carbonyl (C=O) groups excluding carboxylic acids is 1. The molecule has 0 saturated heterocycles. The van der Waals surface area contributed by atoms with Crippen molar-refractivity contribution in [2.45, 2.75) is 39.2 Å². The van der Waals surface area contributed by atoms with Crippen LogP contribution in [0.15, 0.2) is 18.2 Å². The van der Waals surface area contributed by atoms with Crippen LogP contribution in [0.4, 0.5) is 4.39 Å². The molecule has 0 bridgehead atoms. The van der Waals surface area contributed by atoms with E-state index in [0.29, 0.717) is 9.13 Å². The van der Waals surface area contributed by atoms with E-state index >= 15 is 0 Å². The Labute approximate surface area is 115 Å². The number of hydrogen-bond acceptors (Lipinski definition) is 1. The van der Waals surface area contributed by atoms with Gasteiger partial charge in [-0.2, -0.15) is 0 Å². The summed E-state index contributed by atoms with van der Waals surface area (Å²) in [5, 5.41) is 2.93. The van der Waals surface area contributed by atoms with Gasteiger partial charge in [0, 0.05) is 9.61 Å². The van der Waals surface area contributed by atoms with Crippen LogP contribution in [-0.2, 0) is 0 Å². The molecule has 0 aromatic heterocycles. The molecule has 0 aliphatic rings. The van der Waals surface area contributed by atoms with Gasteiger partial charge >= 0.3 is 0 Å². The van der Waals surface area contributed by atoms with Crippen LogP contribution in [0.3, 0.4) is 0 Å². The number of carbonyl (C=O) groups is 1. The number of halogens is 2. The van der Waals surface area contributed by atoms with Gasteiger partial charge in [-0.1, -0.05) is 19.8 Å². The first kappa shape index (κ1) is 14.4. The van der Waals surface area contributed by atoms with Crippen molar-refractivity contribution in [2.24, 2.45) is 0 Å². The Morgan fingerprint density at radius 1 is 1.53 bits per heavy atom. The largest absolute Gasteiger partial charge is 0.350 e. The van der Waals surface area contributed by atoms with Gasteiger partial charge < -0.3 is 5.32 Å². The van der Waals surface area contributed by atoms with E-state index in [4.69, 9.17) is 0 Å². The van der Waals surface area contributed by atoms with Gasteiger partial charge in [0.05, 0.1) is 5.56 Å². The van der Waals surface area contributed by atoms with Gasteiger partial charge in [-0.05, 0) is 54.1 Å². The first-order valence-corrected chi connectivity index (χ1v) is 6.88. The lowest BCUT2D eigenvalue weighted by Crippen LogP contribution is -2.32. The molecule has 1 atom stereocenters. The van der Waals surface area contributed by atoms with Gasteiger partial charge in [0.25, 0.3) is 5.91 Å². The molecule has 1 unspecified atom stereocenters. The molecular weight excluding hydrogens is 332 g/mol. The van der Waals surface area contributed by atoms with Crippen molar-refractivity contribution >= 4 is 28.5 Å². The summed E-state index contributed by atoms with van der Waals surface area (Å²) in [6.07, 6.45) is 3.19. The summed E-state index contributed by atoms with van der Waals surface area (Å²) >= 11 is 1.98. The second-order valence-corrected chi connectivity index (χ2v) is 5.30. The second kappa shape index (κ2) is 6.93. The summed E-state index contributed by atoms with van der Waals surface area (Å²) in [4.78, 5) is 11.9. The summed E-state index contributed by atoms with van der Waals surface area (Å²) in [5.74, 6) is -0.442.